The van der Waals surface area contributed by atoms with Crippen molar-refractivity contribution in [3.63, 3.8) is 0 Å². The Morgan fingerprint density at radius 2 is 2.06 bits per heavy atom. The molecule has 0 aliphatic heterocycles. The first-order chi connectivity index (χ1) is 8.21. The summed E-state index contributed by atoms with van der Waals surface area (Å²) in [6, 6.07) is 7.25. The summed E-state index contributed by atoms with van der Waals surface area (Å²) < 4.78 is 5.89. The van der Waals surface area contributed by atoms with Gasteiger partial charge in [-0.15, -0.1) is 0 Å². The fraction of sp³-hybridized carbons (Fsp3) is 0.462. The van der Waals surface area contributed by atoms with Crippen LogP contribution in [0.25, 0.3) is 0 Å². The van der Waals surface area contributed by atoms with E-state index in [-0.39, 0.29) is 0 Å². The number of aliphatic hydroxyl groups is 1. The van der Waals surface area contributed by atoms with Crippen LogP contribution in [-0.4, -0.2) is 17.3 Å². The molecule has 0 radical (unpaired) electrons. The average molecular weight is 316 g/mol. The number of primary amides is 1. The summed E-state index contributed by atoms with van der Waals surface area (Å²) in [5.74, 6) is 0. The first-order valence-electron chi connectivity index (χ1n) is 5.61. The van der Waals surface area contributed by atoms with Gasteiger partial charge in [-0.2, -0.15) is 0 Å². The summed E-state index contributed by atoms with van der Waals surface area (Å²) >= 11 is 3.34. The highest BCUT2D eigenvalue weighted by molar-refractivity contribution is 9.10. The predicted molar refractivity (Wildman–Crippen MR) is 73.0 cm³/mol. The van der Waals surface area contributed by atoms with Crippen molar-refractivity contribution in [3.05, 3.63) is 34.3 Å². The number of benzene rings is 1. The van der Waals surface area contributed by atoms with Crippen LogP contribution >= 0.6 is 15.9 Å². The molecule has 1 unspecified atom stereocenters. The normalized spacial score (nSPS) is 14.9. The Balaban J connectivity index is 3.09. The molecule has 1 rings (SSSR count). The van der Waals surface area contributed by atoms with E-state index in [0.29, 0.717) is 5.56 Å². The number of hydrogen-bond donors (Lipinski definition) is 2. The standard InChI is InChI=1S/C13H18BrNO3/c1-13(2,3)11(16)10(18-12(15)17)8-5-4-6-9(14)7-8/h4-7,10-11,16H,1-3H3,(H2,15,17)/t10-,11?/m0/s1. The van der Waals surface area contributed by atoms with Gasteiger partial charge in [0, 0.05) is 4.47 Å². The van der Waals surface area contributed by atoms with Crippen molar-refractivity contribution in [3.8, 4) is 0 Å². The summed E-state index contributed by atoms with van der Waals surface area (Å²) in [6.45, 7) is 5.60. The van der Waals surface area contributed by atoms with E-state index in [4.69, 9.17) is 10.5 Å². The quantitative estimate of drug-likeness (QED) is 0.900. The molecule has 4 nitrogen and oxygen atoms in total. The van der Waals surface area contributed by atoms with Gasteiger partial charge in [0.1, 0.15) is 6.10 Å². The maximum atomic E-state index is 11.0. The molecule has 1 amide bonds. The van der Waals surface area contributed by atoms with Gasteiger partial charge in [-0.1, -0.05) is 48.8 Å². The van der Waals surface area contributed by atoms with Gasteiger partial charge in [0.25, 0.3) is 0 Å². The van der Waals surface area contributed by atoms with Crippen LogP contribution < -0.4 is 5.73 Å². The molecule has 100 valence electrons. The summed E-state index contributed by atoms with van der Waals surface area (Å²) in [7, 11) is 0. The van der Waals surface area contributed by atoms with E-state index >= 15 is 0 Å². The fourth-order valence-electron chi connectivity index (χ4n) is 1.58. The van der Waals surface area contributed by atoms with Gasteiger partial charge in [0.05, 0.1) is 0 Å². The minimum atomic E-state index is -0.900. The zero-order valence-electron chi connectivity index (χ0n) is 10.7. The first-order valence-corrected chi connectivity index (χ1v) is 6.40. The van der Waals surface area contributed by atoms with Crippen LogP contribution in [0.2, 0.25) is 0 Å². The van der Waals surface area contributed by atoms with Gasteiger partial charge in [0.15, 0.2) is 6.10 Å². The zero-order valence-corrected chi connectivity index (χ0v) is 12.3. The third-order valence-electron chi connectivity index (χ3n) is 2.59. The van der Waals surface area contributed by atoms with Gasteiger partial charge < -0.3 is 15.6 Å². The molecule has 0 heterocycles. The Hall–Kier alpha value is -1.07. The molecule has 0 saturated heterocycles. The zero-order chi connectivity index (χ0) is 13.9. The lowest BCUT2D eigenvalue weighted by Gasteiger charge is -2.32. The second-order valence-corrected chi connectivity index (χ2v) is 6.14. The van der Waals surface area contributed by atoms with Crippen LogP contribution in [0.15, 0.2) is 28.7 Å². The van der Waals surface area contributed by atoms with E-state index in [0.717, 1.165) is 4.47 Å². The van der Waals surface area contributed by atoms with Crippen molar-refractivity contribution >= 4 is 22.0 Å². The predicted octanol–water partition coefficient (Wildman–Crippen LogP) is 2.99. The Bertz CT molecular complexity index is 428. The molecule has 18 heavy (non-hydrogen) atoms. The first kappa shape index (κ1) is 15.0. The molecule has 0 spiro atoms. The lowest BCUT2D eigenvalue weighted by atomic mass is 9.83. The van der Waals surface area contributed by atoms with Crippen LogP contribution in [0.1, 0.15) is 32.4 Å². The van der Waals surface area contributed by atoms with Gasteiger partial charge >= 0.3 is 6.09 Å². The average Bonchev–Trinajstić information content (AvgIpc) is 2.23. The highest BCUT2D eigenvalue weighted by Crippen LogP contribution is 2.33. The molecule has 3 N–H and O–H groups in total. The summed E-state index contributed by atoms with van der Waals surface area (Å²) in [5, 5.41) is 10.3. The van der Waals surface area contributed by atoms with Crippen LogP contribution in [0.5, 0.6) is 0 Å². The van der Waals surface area contributed by atoms with Crippen molar-refractivity contribution in [1.29, 1.82) is 0 Å². The summed E-state index contributed by atoms with van der Waals surface area (Å²) in [4.78, 5) is 11.0. The molecule has 0 aromatic heterocycles. The smallest absolute Gasteiger partial charge is 0.405 e. The second-order valence-electron chi connectivity index (χ2n) is 5.22. The molecule has 1 aromatic rings. The third-order valence-corrected chi connectivity index (χ3v) is 3.09. The molecule has 0 fully saturated rings. The van der Waals surface area contributed by atoms with Crippen molar-refractivity contribution in [2.45, 2.75) is 33.0 Å². The topological polar surface area (TPSA) is 72.6 Å². The Morgan fingerprint density at radius 1 is 1.44 bits per heavy atom. The molecule has 0 aliphatic rings. The third kappa shape index (κ3) is 3.99. The fourth-order valence-corrected chi connectivity index (χ4v) is 1.99. The number of amides is 1. The van der Waals surface area contributed by atoms with E-state index in [1.165, 1.54) is 0 Å². The van der Waals surface area contributed by atoms with Gasteiger partial charge in [0.2, 0.25) is 0 Å². The van der Waals surface area contributed by atoms with Crippen LogP contribution in [0.3, 0.4) is 0 Å². The highest BCUT2D eigenvalue weighted by atomic mass is 79.9. The Kier molecular flexibility index (Phi) is 4.76. The number of rotatable bonds is 3. The number of carbonyl (C=O) groups excluding carboxylic acids is 1. The molecule has 5 heteroatoms. The van der Waals surface area contributed by atoms with Gasteiger partial charge in [-0.05, 0) is 23.1 Å². The number of hydrogen-bond acceptors (Lipinski definition) is 3. The minimum Gasteiger partial charge on any atom is -0.439 e. The minimum absolute atomic E-state index is 0.428. The number of ether oxygens (including phenoxy) is 1. The molecule has 2 atom stereocenters. The Labute approximate surface area is 115 Å². The van der Waals surface area contributed by atoms with E-state index in [1.54, 1.807) is 12.1 Å². The monoisotopic (exact) mass is 315 g/mol. The van der Waals surface area contributed by atoms with E-state index < -0.39 is 23.7 Å². The molecular formula is C13H18BrNO3. The number of carbonyl (C=O) groups is 1. The van der Waals surface area contributed by atoms with Crippen molar-refractivity contribution < 1.29 is 14.6 Å². The second kappa shape index (κ2) is 5.71. The van der Waals surface area contributed by atoms with Crippen LogP contribution in [-0.2, 0) is 4.74 Å². The van der Waals surface area contributed by atoms with Crippen LogP contribution in [0, 0.1) is 5.41 Å². The highest BCUT2D eigenvalue weighted by Gasteiger charge is 2.34. The molecule has 1 aromatic carbocycles. The maximum absolute atomic E-state index is 11.0. The molecule has 0 bridgehead atoms. The van der Waals surface area contributed by atoms with Crippen molar-refractivity contribution in [2.24, 2.45) is 11.1 Å². The maximum Gasteiger partial charge on any atom is 0.405 e. The number of nitrogens with two attached hydrogens (primary N) is 1. The van der Waals surface area contributed by atoms with Gasteiger partial charge in [-0.3, -0.25) is 0 Å². The number of halogens is 1. The van der Waals surface area contributed by atoms with E-state index in [2.05, 4.69) is 15.9 Å². The number of aliphatic hydroxyl groups excluding tert-OH is 1. The van der Waals surface area contributed by atoms with Gasteiger partial charge in [-0.25, -0.2) is 4.79 Å². The lowest BCUT2D eigenvalue weighted by molar-refractivity contribution is -0.0508. The van der Waals surface area contributed by atoms with Crippen molar-refractivity contribution in [1.82, 2.24) is 0 Å². The SMILES string of the molecule is CC(C)(C)C(O)[C@@H](OC(N)=O)c1cccc(Br)c1. The van der Waals surface area contributed by atoms with Crippen molar-refractivity contribution in [2.75, 3.05) is 0 Å². The Morgan fingerprint density at radius 3 is 2.50 bits per heavy atom. The lowest BCUT2D eigenvalue weighted by Crippen LogP contribution is -2.36. The molecular weight excluding hydrogens is 298 g/mol. The summed E-state index contributed by atoms with van der Waals surface area (Å²) in [6.07, 6.45) is -2.53. The van der Waals surface area contributed by atoms with E-state index in [1.807, 2.05) is 32.9 Å². The molecule has 0 saturated carbocycles. The van der Waals surface area contributed by atoms with Crippen LogP contribution in [0.4, 0.5) is 4.79 Å². The summed E-state index contributed by atoms with van der Waals surface area (Å²) in [5.41, 5.74) is 5.34. The molecule has 0 aliphatic carbocycles. The van der Waals surface area contributed by atoms with E-state index in [9.17, 15) is 9.90 Å². The largest absolute Gasteiger partial charge is 0.439 e.